The van der Waals surface area contributed by atoms with Crippen molar-refractivity contribution in [2.75, 3.05) is 33.4 Å². The minimum atomic E-state index is 0.410. The lowest BCUT2D eigenvalue weighted by Crippen LogP contribution is -2.29. The van der Waals surface area contributed by atoms with E-state index >= 15 is 0 Å². The lowest BCUT2D eigenvalue weighted by atomic mass is 10.0. The smallest absolute Gasteiger partial charge is 0.148 e. The van der Waals surface area contributed by atoms with E-state index in [4.69, 9.17) is 4.74 Å². The van der Waals surface area contributed by atoms with Crippen molar-refractivity contribution in [1.82, 2.24) is 4.90 Å². The highest BCUT2D eigenvalue weighted by Crippen LogP contribution is 2.49. The van der Waals surface area contributed by atoms with E-state index in [1.165, 1.54) is 12.8 Å². The molecule has 2 aliphatic rings. The number of carbonyl (C=O) groups is 1. The Morgan fingerprint density at radius 1 is 1.50 bits per heavy atom. The predicted octanol–water partition coefficient (Wildman–Crippen LogP) is 1.08. The third-order valence-electron chi connectivity index (χ3n) is 3.46. The van der Waals surface area contributed by atoms with Crippen molar-refractivity contribution < 1.29 is 9.53 Å². The van der Waals surface area contributed by atoms with Crippen molar-refractivity contribution in [3.05, 3.63) is 0 Å². The molecule has 0 unspecified atom stereocenters. The van der Waals surface area contributed by atoms with E-state index < -0.39 is 0 Å². The zero-order valence-corrected chi connectivity index (χ0v) is 8.92. The van der Waals surface area contributed by atoms with Crippen LogP contribution in [0.5, 0.6) is 0 Å². The summed E-state index contributed by atoms with van der Waals surface area (Å²) in [7, 11) is 1.76. The quantitative estimate of drug-likeness (QED) is 0.660. The molecule has 0 radical (unpaired) electrons. The van der Waals surface area contributed by atoms with Gasteiger partial charge in [-0.25, -0.2) is 0 Å². The van der Waals surface area contributed by atoms with Crippen LogP contribution in [0.2, 0.25) is 0 Å². The van der Waals surface area contributed by atoms with Crippen LogP contribution in [-0.4, -0.2) is 44.0 Å². The molecule has 1 heterocycles. The Kier molecular flexibility index (Phi) is 2.88. The Morgan fingerprint density at radius 2 is 2.29 bits per heavy atom. The number of ether oxygens (including phenoxy) is 1. The first kappa shape index (κ1) is 10.1. The van der Waals surface area contributed by atoms with Gasteiger partial charge in [0.25, 0.3) is 0 Å². The molecule has 1 saturated heterocycles. The lowest BCUT2D eigenvalue weighted by molar-refractivity contribution is -0.116. The number of nitrogens with zero attached hydrogens (tertiary/aromatic N) is 1. The standard InChI is InChI=1S/C11H19NO2/c1-14-7-5-11(3-4-11)9-12-6-2-10(13)8-12/h2-9H2,1H3. The highest BCUT2D eigenvalue weighted by Gasteiger charge is 2.43. The molecule has 0 amide bonds. The van der Waals surface area contributed by atoms with Crippen molar-refractivity contribution in [3.63, 3.8) is 0 Å². The molecule has 14 heavy (non-hydrogen) atoms. The number of Topliss-reactive ketones (excluding diaryl/α,β-unsaturated/α-hetero) is 1. The lowest BCUT2D eigenvalue weighted by Gasteiger charge is -2.21. The van der Waals surface area contributed by atoms with E-state index in [0.717, 1.165) is 32.5 Å². The topological polar surface area (TPSA) is 29.5 Å². The predicted molar refractivity (Wildman–Crippen MR) is 54.2 cm³/mol. The van der Waals surface area contributed by atoms with Gasteiger partial charge in [-0.05, 0) is 24.7 Å². The Labute approximate surface area is 85.4 Å². The monoisotopic (exact) mass is 197 g/mol. The summed E-state index contributed by atoms with van der Waals surface area (Å²) < 4.78 is 5.12. The molecule has 3 nitrogen and oxygen atoms in total. The summed E-state index contributed by atoms with van der Waals surface area (Å²) in [5.74, 6) is 0.410. The molecule has 1 aliphatic carbocycles. The maximum Gasteiger partial charge on any atom is 0.148 e. The molecule has 3 heteroatoms. The molecule has 0 bridgehead atoms. The second kappa shape index (κ2) is 3.99. The number of hydrogen-bond acceptors (Lipinski definition) is 3. The minimum Gasteiger partial charge on any atom is -0.385 e. The van der Waals surface area contributed by atoms with Gasteiger partial charge in [-0.3, -0.25) is 9.69 Å². The third-order valence-corrected chi connectivity index (χ3v) is 3.46. The van der Waals surface area contributed by atoms with Crippen molar-refractivity contribution in [3.8, 4) is 0 Å². The SMILES string of the molecule is COCCC1(CN2CCC(=O)C2)CC1. The summed E-state index contributed by atoms with van der Waals surface area (Å²) in [4.78, 5) is 13.4. The molecule has 2 rings (SSSR count). The normalized spacial score (nSPS) is 25.6. The number of rotatable bonds is 5. The van der Waals surface area contributed by atoms with Gasteiger partial charge in [0.05, 0.1) is 6.54 Å². The van der Waals surface area contributed by atoms with Crippen molar-refractivity contribution >= 4 is 5.78 Å². The average Bonchev–Trinajstić information content (AvgIpc) is 2.81. The molecule has 0 aromatic carbocycles. The van der Waals surface area contributed by atoms with Crippen LogP contribution in [0.15, 0.2) is 0 Å². The number of ketones is 1. The average molecular weight is 197 g/mol. The molecule has 0 aromatic heterocycles. The van der Waals surface area contributed by atoms with E-state index in [9.17, 15) is 4.79 Å². The fourth-order valence-electron chi connectivity index (χ4n) is 2.28. The van der Waals surface area contributed by atoms with Crippen molar-refractivity contribution in [2.45, 2.75) is 25.7 Å². The van der Waals surface area contributed by atoms with Crippen LogP contribution in [0.1, 0.15) is 25.7 Å². The summed E-state index contributed by atoms with van der Waals surface area (Å²) >= 11 is 0. The molecular weight excluding hydrogens is 178 g/mol. The van der Waals surface area contributed by atoms with Gasteiger partial charge in [-0.2, -0.15) is 0 Å². The second-order valence-electron chi connectivity index (χ2n) is 4.74. The first-order valence-electron chi connectivity index (χ1n) is 5.47. The second-order valence-corrected chi connectivity index (χ2v) is 4.74. The van der Waals surface area contributed by atoms with Crippen molar-refractivity contribution in [1.29, 1.82) is 0 Å². The van der Waals surface area contributed by atoms with E-state index in [1.54, 1.807) is 7.11 Å². The Balaban J connectivity index is 1.76. The fraction of sp³-hybridized carbons (Fsp3) is 0.909. The van der Waals surface area contributed by atoms with Crippen LogP contribution >= 0.6 is 0 Å². The van der Waals surface area contributed by atoms with Gasteiger partial charge in [0.2, 0.25) is 0 Å². The highest BCUT2D eigenvalue weighted by atomic mass is 16.5. The molecule has 80 valence electrons. The van der Waals surface area contributed by atoms with E-state index in [-0.39, 0.29) is 0 Å². The van der Waals surface area contributed by atoms with E-state index in [0.29, 0.717) is 17.7 Å². The highest BCUT2D eigenvalue weighted by molar-refractivity contribution is 5.82. The Bertz CT molecular complexity index is 223. The maximum atomic E-state index is 11.1. The Morgan fingerprint density at radius 3 is 2.79 bits per heavy atom. The van der Waals surface area contributed by atoms with Gasteiger partial charge < -0.3 is 4.74 Å². The molecule has 1 aliphatic heterocycles. The largest absolute Gasteiger partial charge is 0.385 e. The van der Waals surface area contributed by atoms with Gasteiger partial charge in [-0.1, -0.05) is 0 Å². The van der Waals surface area contributed by atoms with Crippen molar-refractivity contribution in [2.24, 2.45) is 5.41 Å². The van der Waals surface area contributed by atoms with E-state index in [2.05, 4.69) is 4.90 Å². The minimum absolute atomic E-state index is 0.410. The summed E-state index contributed by atoms with van der Waals surface area (Å²) in [6.45, 7) is 3.65. The molecule has 2 fully saturated rings. The van der Waals surface area contributed by atoms with Gasteiger partial charge in [0, 0.05) is 33.2 Å². The number of likely N-dealkylation sites (tertiary alicyclic amines) is 1. The zero-order chi connectivity index (χ0) is 10.0. The summed E-state index contributed by atoms with van der Waals surface area (Å²) in [6, 6.07) is 0. The van der Waals surface area contributed by atoms with Gasteiger partial charge >= 0.3 is 0 Å². The molecule has 0 N–H and O–H groups in total. The first-order valence-corrected chi connectivity index (χ1v) is 5.47. The molecule has 0 aromatic rings. The number of hydrogen-bond donors (Lipinski definition) is 0. The maximum absolute atomic E-state index is 11.1. The number of methoxy groups -OCH3 is 1. The summed E-state index contributed by atoms with van der Waals surface area (Å²) in [6.07, 6.45) is 4.57. The van der Waals surface area contributed by atoms with Crippen LogP contribution in [0.3, 0.4) is 0 Å². The van der Waals surface area contributed by atoms with Gasteiger partial charge in [-0.15, -0.1) is 0 Å². The third kappa shape index (κ3) is 2.34. The van der Waals surface area contributed by atoms with Crippen LogP contribution < -0.4 is 0 Å². The van der Waals surface area contributed by atoms with Gasteiger partial charge in [0.1, 0.15) is 5.78 Å². The molecule has 1 saturated carbocycles. The van der Waals surface area contributed by atoms with Crippen LogP contribution in [0, 0.1) is 5.41 Å². The molecular formula is C11H19NO2. The van der Waals surface area contributed by atoms with Crippen LogP contribution in [-0.2, 0) is 9.53 Å². The summed E-state index contributed by atoms with van der Waals surface area (Å²) in [5, 5.41) is 0. The fourth-order valence-corrected chi connectivity index (χ4v) is 2.28. The van der Waals surface area contributed by atoms with Crippen LogP contribution in [0.25, 0.3) is 0 Å². The molecule has 0 atom stereocenters. The van der Waals surface area contributed by atoms with E-state index in [1.807, 2.05) is 0 Å². The molecule has 0 spiro atoms. The summed E-state index contributed by atoms with van der Waals surface area (Å²) in [5.41, 5.74) is 0.501. The van der Waals surface area contributed by atoms with Crippen LogP contribution in [0.4, 0.5) is 0 Å². The first-order chi connectivity index (χ1) is 6.74. The number of carbonyl (C=O) groups excluding carboxylic acids is 1. The zero-order valence-electron chi connectivity index (χ0n) is 8.92. The Hall–Kier alpha value is -0.410. The van der Waals surface area contributed by atoms with Gasteiger partial charge in [0.15, 0.2) is 0 Å².